The van der Waals surface area contributed by atoms with E-state index in [1.807, 2.05) is 6.07 Å². The number of nitrogens with one attached hydrogen (secondary N) is 3. The van der Waals surface area contributed by atoms with Crippen molar-refractivity contribution in [2.45, 2.75) is 56.7 Å². The molecule has 1 amide bonds. The van der Waals surface area contributed by atoms with Crippen molar-refractivity contribution in [1.29, 1.82) is 0 Å². The molecule has 2 aliphatic carbocycles. The first-order chi connectivity index (χ1) is 15.5. The van der Waals surface area contributed by atoms with Gasteiger partial charge in [-0.15, -0.1) is 0 Å². The Labute approximate surface area is 184 Å². The Morgan fingerprint density at radius 3 is 2.69 bits per heavy atom. The number of nitrogens with zero attached hydrogens (tertiary/aromatic N) is 4. The molecule has 10 nitrogen and oxygen atoms in total. The molecule has 0 spiro atoms. The van der Waals surface area contributed by atoms with Crippen LogP contribution in [0.15, 0.2) is 35.4 Å². The van der Waals surface area contributed by atoms with E-state index in [9.17, 15) is 14.7 Å². The molecule has 168 valence electrons. The van der Waals surface area contributed by atoms with E-state index >= 15 is 0 Å². The van der Waals surface area contributed by atoms with E-state index in [0.29, 0.717) is 41.4 Å². The lowest BCUT2D eigenvalue weighted by molar-refractivity contribution is 0.0952. The van der Waals surface area contributed by atoms with Gasteiger partial charge in [0.2, 0.25) is 0 Å². The molecule has 0 aliphatic heterocycles. The Morgan fingerprint density at radius 2 is 1.97 bits per heavy atom. The molecule has 0 atom stereocenters. The summed E-state index contributed by atoms with van der Waals surface area (Å²) < 4.78 is 3.31. The maximum Gasteiger partial charge on any atom is 0.274 e. The molecule has 0 aromatic carbocycles. The summed E-state index contributed by atoms with van der Waals surface area (Å²) in [5.41, 5.74) is 1.07. The third kappa shape index (κ3) is 3.93. The molecule has 0 saturated heterocycles. The Hall–Kier alpha value is -3.40. The zero-order chi connectivity index (χ0) is 22.2. The van der Waals surface area contributed by atoms with Crippen LogP contribution in [0.4, 0.5) is 17.3 Å². The van der Waals surface area contributed by atoms with Crippen LogP contribution >= 0.6 is 0 Å². The normalized spacial score (nSPS) is 20.8. The van der Waals surface area contributed by atoms with E-state index in [1.54, 1.807) is 34.5 Å². The predicted molar refractivity (Wildman–Crippen MR) is 121 cm³/mol. The minimum Gasteiger partial charge on any atom is -0.393 e. The summed E-state index contributed by atoms with van der Waals surface area (Å²) in [7, 11) is 1.76. The van der Waals surface area contributed by atoms with Crippen molar-refractivity contribution in [2.24, 2.45) is 0 Å². The van der Waals surface area contributed by atoms with E-state index in [4.69, 9.17) is 0 Å². The summed E-state index contributed by atoms with van der Waals surface area (Å²) in [5.74, 6) is 0.882. The highest BCUT2D eigenvalue weighted by molar-refractivity contribution is 6.00. The molecular formula is C22H27N7O3. The average molecular weight is 438 g/mol. The molecular weight excluding hydrogens is 410 g/mol. The molecule has 10 heteroatoms. The first-order valence-electron chi connectivity index (χ1n) is 11.1. The van der Waals surface area contributed by atoms with E-state index in [1.165, 1.54) is 6.20 Å². The van der Waals surface area contributed by atoms with Crippen LogP contribution < -0.4 is 21.5 Å². The highest BCUT2D eigenvalue weighted by Gasteiger charge is 2.26. The number of carbonyl (C=O) groups excluding carboxylic acids is 1. The van der Waals surface area contributed by atoms with E-state index in [0.717, 1.165) is 25.7 Å². The second-order valence-corrected chi connectivity index (χ2v) is 8.54. The molecule has 2 aliphatic rings. The predicted octanol–water partition coefficient (Wildman–Crippen LogP) is 2.04. The molecule has 4 N–H and O–H groups in total. The summed E-state index contributed by atoms with van der Waals surface area (Å²) in [6.45, 7) is 0. The first kappa shape index (κ1) is 20.5. The van der Waals surface area contributed by atoms with E-state index in [-0.39, 0.29) is 29.7 Å². The fourth-order valence-electron chi connectivity index (χ4n) is 4.22. The SMILES string of the molecule is CNc1cc(Nc2cccn([C@H]3CC[C@H](O)CC3)c2=O)nc2c(C(=O)NC3CC3)cnn12. The van der Waals surface area contributed by atoms with Gasteiger partial charge in [-0.25, -0.2) is 4.98 Å². The van der Waals surface area contributed by atoms with Crippen LogP contribution in [0.1, 0.15) is 54.9 Å². The van der Waals surface area contributed by atoms with Gasteiger partial charge in [0.05, 0.1) is 12.3 Å². The third-order valence-corrected chi connectivity index (χ3v) is 6.18. The number of pyridine rings is 1. The number of aromatic nitrogens is 4. The molecule has 2 saturated carbocycles. The van der Waals surface area contributed by atoms with Crippen molar-refractivity contribution < 1.29 is 9.90 Å². The van der Waals surface area contributed by atoms with Crippen LogP contribution in [-0.4, -0.2) is 49.4 Å². The number of amides is 1. The lowest BCUT2D eigenvalue weighted by Crippen LogP contribution is -2.29. The van der Waals surface area contributed by atoms with E-state index < -0.39 is 0 Å². The van der Waals surface area contributed by atoms with Gasteiger partial charge in [0.25, 0.3) is 11.5 Å². The number of carbonyl (C=O) groups is 1. The number of aliphatic hydroxyl groups is 1. The lowest BCUT2D eigenvalue weighted by atomic mass is 9.93. The number of aliphatic hydroxyl groups excluding tert-OH is 1. The van der Waals surface area contributed by atoms with Crippen LogP contribution in [0.3, 0.4) is 0 Å². The third-order valence-electron chi connectivity index (χ3n) is 6.18. The van der Waals surface area contributed by atoms with Gasteiger partial charge in [0.15, 0.2) is 5.65 Å². The summed E-state index contributed by atoms with van der Waals surface area (Å²) in [5, 5.41) is 23.2. The van der Waals surface area contributed by atoms with Crippen molar-refractivity contribution in [3.05, 3.63) is 46.5 Å². The Balaban J connectivity index is 1.47. The van der Waals surface area contributed by atoms with Crippen LogP contribution in [-0.2, 0) is 0 Å². The Kier molecular flexibility index (Phi) is 5.30. The Morgan fingerprint density at radius 1 is 1.19 bits per heavy atom. The van der Waals surface area contributed by atoms with Gasteiger partial charge in [-0.2, -0.15) is 9.61 Å². The highest BCUT2D eigenvalue weighted by atomic mass is 16.3. The highest BCUT2D eigenvalue weighted by Crippen LogP contribution is 2.28. The zero-order valence-corrected chi connectivity index (χ0v) is 17.9. The van der Waals surface area contributed by atoms with Gasteiger partial charge in [-0.3, -0.25) is 9.59 Å². The maximum absolute atomic E-state index is 13.1. The molecule has 32 heavy (non-hydrogen) atoms. The van der Waals surface area contributed by atoms with Crippen molar-refractivity contribution in [2.75, 3.05) is 17.7 Å². The lowest BCUT2D eigenvalue weighted by Gasteiger charge is -2.27. The number of fused-ring (bicyclic) bond motifs is 1. The van der Waals surface area contributed by atoms with Gasteiger partial charge in [0.1, 0.15) is 22.9 Å². The minimum atomic E-state index is -0.277. The average Bonchev–Trinajstić information content (AvgIpc) is 3.50. The number of anilines is 3. The Bertz CT molecular complexity index is 1210. The van der Waals surface area contributed by atoms with Crippen molar-refractivity contribution in [3.63, 3.8) is 0 Å². The quantitative estimate of drug-likeness (QED) is 0.465. The largest absolute Gasteiger partial charge is 0.393 e. The molecule has 0 unspecified atom stereocenters. The smallest absolute Gasteiger partial charge is 0.274 e. The molecule has 3 aromatic heterocycles. The van der Waals surface area contributed by atoms with Gasteiger partial charge in [0, 0.05) is 31.4 Å². The number of rotatable bonds is 6. The molecule has 3 heterocycles. The minimum absolute atomic E-state index is 0.0727. The monoisotopic (exact) mass is 437 g/mol. The fourth-order valence-corrected chi connectivity index (χ4v) is 4.22. The molecule has 5 rings (SSSR count). The van der Waals surface area contributed by atoms with Crippen molar-refractivity contribution in [1.82, 2.24) is 24.5 Å². The van der Waals surface area contributed by atoms with Crippen LogP contribution in [0.5, 0.6) is 0 Å². The van der Waals surface area contributed by atoms with Gasteiger partial charge in [-0.1, -0.05) is 0 Å². The van der Waals surface area contributed by atoms with Crippen molar-refractivity contribution in [3.8, 4) is 0 Å². The molecule has 2 fully saturated rings. The molecule has 0 radical (unpaired) electrons. The fraction of sp³-hybridized carbons (Fsp3) is 0.455. The second-order valence-electron chi connectivity index (χ2n) is 8.54. The summed E-state index contributed by atoms with van der Waals surface area (Å²) in [6.07, 6.45) is 7.96. The van der Waals surface area contributed by atoms with Gasteiger partial charge >= 0.3 is 0 Å². The summed E-state index contributed by atoms with van der Waals surface area (Å²) in [6, 6.07) is 5.60. The molecule has 0 bridgehead atoms. The first-order valence-corrected chi connectivity index (χ1v) is 11.1. The summed E-state index contributed by atoms with van der Waals surface area (Å²) >= 11 is 0. The van der Waals surface area contributed by atoms with Crippen molar-refractivity contribution >= 4 is 28.9 Å². The van der Waals surface area contributed by atoms with Crippen LogP contribution in [0.25, 0.3) is 5.65 Å². The maximum atomic E-state index is 13.1. The molecule has 3 aromatic rings. The van der Waals surface area contributed by atoms with Crippen LogP contribution in [0, 0.1) is 0 Å². The standard InChI is InChI=1S/C22H27N7O3/c1-23-19-11-18(27-20-16(12-24-29(19)20)21(31)25-13-4-5-13)26-17-3-2-10-28(22(17)32)14-6-8-15(30)9-7-14/h2-3,10-15,23,30H,4-9H2,1H3,(H,25,31)(H,26,27)/t14-,15-. The zero-order valence-electron chi connectivity index (χ0n) is 17.9. The van der Waals surface area contributed by atoms with Gasteiger partial charge < -0.3 is 25.6 Å². The van der Waals surface area contributed by atoms with E-state index in [2.05, 4.69) is 26.0 Å². The van der Waals surface area contributed by atoms with Gasteiger partial charge in [-0.05, 0) is 50.7 Å². The topological polar surface area (TPSA) is 126 Å². The second kappa shape index (κ2) is 8.27. The summed E-state index contributed by atoms with van der Waals surface area (Å²) in [4.78, 5) is 30.3. The number of hydrogen-bond donors (Lipinski definition) is 4. The number of hydrogen-bond acceptors (Lipinski definition) is 7. The van der Waals surface area contributed by atoms with Crippen LogP contribution in [0.2, 0.25) is 0 Å².